The van der Waals surface area contributed by atoms with Crippen LogP contribution in [0.15, 0.2) is 0 Å². The number of amides is 1. The Morgan fingerprint density at radius 2 is 1.88 bits per heavy atom. The maximum absolute atomic E-state index is 11.6. The molecule has 0 radical (unpaired) electrons. The van der Waals surface area contributed by atoms with Gasteiger partial charge >= 0.3 is 0 Å². The van der Waals surface area contributed by atoms with Crippen LogP contribution >= 0.6 is 0 Å². The van der Waals surface area contributed by atoms with Gasteiger partial charge in [0.05, 0.1) is 6.61 Å². The minimum Gasteiger partial charge on any atom is -0.370 e. The summed E-state index contributed by atoms with van der Waals surface area (Å²) in [5.74, 6) is 0.0765. The lowest BCUT2D eigenvalue weighted by molar-refractivity contribution is -0.135. The van der Waals surface area contributed by atoms with Gasteiger partial charge in [0.25, 0.3) is 0 Å². The first-order valence-corrected chi connectivity index (χ1v) is 6.12. The van der Waals surface area contributed by atoms with Crippen molar-refractivity contribution in [3.63, 3.8) is 0 Å². The molecule has 0 atom stereocenters. The van der Waals surface area contributed by atoms with Gasteiger partial charge < -0.3 is 14.5 Å². The van der Waals surface area contributed by atoms with E-state index in [1.165, 1.54) is 0 Å². The predicted molar refractivity (Wildman–Crippen MR) is 66.5 cm³/mol. The van der Waals surface area contributed by atoms with Crippen LogP contribution in [0.2, 0.25) is 0 Å². The number of likely N-dealkylation sites (N-methyl/N-ethyl adjacent to an activating group) is 2. The quantitative estimate of drug-likeness (QED) is 0.558. The van der Waals surface area contributed by atoms with E-state index >= 15 is 0 Å². The second kappa shape index (κ2) is 9.60. The van der Waals surface area contributed by atoms with Crippen LogP contribution in [0.25, 0.3) is 0 Å². The Labute approximate surface area is 99.5 Å². The van der Waals surface area contributed by atoms with E-state index in [-0.39, 0.29) is 12.5 Å². The van der Waals surface area contributed by atoms with Crippen molar-refractivity contribution >= 4 is 5.91 Å². The molecule has 0 spiro atoms. The molecule has 0 saturated carbocycles. The molecule has 4 nitrogen and oxygen atoms in total. The lowest BCUT2D eigenvalue weighted by Crippen LogP contribution is -2.32. The van der Waals surface area contributed by atoms with Gasteiger partial charge in [-0.1, -0.05) is 20.3 Å². The smallest absolute Gasteiger partial charge is 0.248 e. The minimum atomic E-state index is 0.0765. The number of nitrogens with zero attached hydrogens (tertiary/aromatic N) is 2. The monoisotopic (exact) mass is 230 g/mol. The fourth-order valence-electron chi connectivity index (χ4n) is 1.17. The topological polar surface area (TPSA) is 32.8 Å². The second-order valence-corrected chi connectivity index (χ2v) is 4.12. The third kappa shape index (κ3) is 7.65. The molecule has 0 heterocycles. The fourth-order valence-corrected chi connectivity index (χ4v) is 1.17. The molecule has 0 aromatic rings. The molecule has 0 fully saturated rings. The summed E-state index contributed by atoms with van der Waals surface area (Å²) in [5.41, 5.74) is 0. The van der Waals surface area contributed by atoms with Crippen molar-refractivity contribution in [1.29, 1.82) is 0 Å². The zero-order valence-electron chi connectivity index (χ0n) is 11.2. The molecule has 0 unspecified atom stereocenters. The molecule has 0 aromatic heterocycles. The first kappa shape index (κ1) is 15.4. The highest BCUT2D eigenvalue weighted by molar-refractivity contribution is 5.77. The third-order valence-electron chi connectivity index (χ3n) is 2.66. The molecule has 16 heavy (non-hydrogen) atoms. The molecule has 0 aliphatic rings. The van der Waals surface area contributed by atoms with Crippen molar-refractivity contribution in [3.8, 4) is 0 Å². The van der Waals surface area contributed by atoms with Crippen molar-refractivity contribution in [3.05, 3.63) is 0 Å². The van der Waals surface area contributed by atoms with Crippen LogP contribution < -0.4 is 0 Å². The van der Waals surface area contributed by atoms with Crippen molar-refractivity contribution < 1.29 is 9.53 Å². The van der Waals surface area contributed by atoms with Gasteiger partial charge in [-0.3, -0.25) is 4.79 Å². The van der Waals surface area contributed by atoms with Crippen LogP contribution in [0, 0.1) is 0 Å². The number of hydrogen-bond donors (Lipinski definition) is 0. The maximum Gasteiger partial charge on any atom is 0.248 e. The molecule has 4 heteroatoms. The lowest BCUT2D eigenvalue weighted by Gasteiger charge is -2.17. The van der Waals surface area contributed by atoms with Gasteiger partial charge in [0, 0.05) is 20.1 Å². The van der Waals surface area contributed by atoms with E-state index in [1.54, 1.807) is 4.90 Å². The molecular weight excluding hydrogens is 204 g/mol. The summed E-state index contributed by atoms with van der Waals surface area (Å²) >= 11 is 0. The summed E-state index contributed by atoms with van der Waals surface area (Å²) < 4.78 is 5.34. The van der Waals surface area contributed by atoms with Crippen molar-refractivity contribution in [2.45, 2.75) is 26.7 Å². The van der Waals surface area contributed by atoms with E-state index in [1.807, 2.05) is 14.1 Å². The van der Waals surface area contributed by atoms with Crippen LogP contribution in [0.5, 0.6) is 0 Å². The maximum atomic E-state index is 11.6. The molecule has 0 aliphatic heterocycles. The SMILES string of the molecule is CCCCN(C)C(=O)COCCN(C)CC. The van der Waals surface area contributed by atoms with E-state index < -0.39 is 0 Å². The minimum absolute atomic E-state index is 0.0765. The van der Waals surface area contributed by atoms with Gasteiger partial charge in [-0.05, 0) is 20.0 Å². The summed E-state index contributed by atoms with van der Waals surface area (Å²) in [4.78, 5) is 15.5. The third-order valence-corrected chi connectivity index (χ3v) is 2.66. The van der Waals surface area contributed by atoms with E-state index in [0.29, 0.717) is 6.61 Å². The number of rotatable bonds is 9. The van der Waals surface area contributed by atoms with Crippen LogP contribution in [-0.4, -0.2) is 62.7 Å². The van der Waals surface area contributed by atoms with Crippen molar-refractivity contribution in [2.24, 2.45) is 0 Å². The first-order chi connectivity index (χ1) is 7.61. The van der Waals surface area contributed by atoms with Gasteiger partial charge in [0.2, 0.25) is 5.91 Å². The van der Waals surface area contributed by atoms with Gasteiger partial charge in [0.15, 0.2) is 0 Å². The average molecular weight is 230 g/mol. The standard InChI is InChI=1S/C12H26N2O2/c1-5-7-8-14(4)12(15)11-16-10-9-13(3)6-2/h5-11H2,1-4H3. The second-order valence-electron chi connectivity index (χ2n) is 4.12. The Hall–Kier alpha value is -0.610. The Balaban J connectivity index is 3.49. The lowest BCUT2D eigenvalue weighted by atomic mass is 10.3. The highest BCUT2D eigenvalue weighted by atomic mass is 16.5. The number of unbranched alkanes of at least 4 members (excludes halogenated alkanes) is 1. The Bertz CT molecular complexity index is 186. The largest absolute Gasteiger partial charge is 0.370 e. The van der Waals surface area contributed by atoms with Gasteiger partial charge in [0.1, 0.15) is 6.61 Å². The molecule has 96 valence electrons. The van der Waals surface area contributed by atoms with Crippen molar-refractivity contribution in [1.82, 2.24) is 9.80 Å². The molecule has 0 rings (SSSR count). The Morgan fingerprint density at radius 1 is 1.19 bits per heavy atom. The highest BCUT2D eigenvalue weighted by Gasteiger charge is 2.07. The zero-order chi connectivity index (χ0) is 12.4. The molecule has 0 N–H and O–H groups in total. The van der Waals surface area contributed by atoms with E-state index in [0.717, 1.165) is 32.5 Å². The molecule has 1 amide bonds. The summed E-state index contributed by atoms with van der Waals surface area (Å²) in [7, 11) is 3.87. The predicted octanol–water partition coefficient (Wildman–Crippen LogP) is 1.21. The van der Waals surface area contributed by atoms with Crippen LogP contribution in [0.1, 0.15) is 26.7 Å². The number of carbonyl (C=O) groups is 1. The van der Waals surface area contributed by atoms with E-state index in [2.05, 4.69) is 18.7 Å². The van der Waals surface area contributed by atoms with Gasteiger partial charge in [-0.25, -0.2) is 0 Å². The molecular formula is C12H26N2O2. The number of carbonyl (C=O) groups excluding carboxylic acids is 1. The van der Waals surface area contributed by atoms with Gasteiger partial charge in [-0.15, -0.1) is 0 Å². The van der Waals surface area contributed by atoms with Crippen molar-refractivity contribution in [2.75, 3.05) is 46.9 Å². The zero-order valence-corrected chi connectivity index (χ0v) is 11.2. The summed E-state index contributed by atoms with van der Waals surface area (Å²) in [6.45, 7) is 7.76. The van der Waals surface area contributed by atoms with Crippen LogP contribution in [0.4, 0.5) is 0 Å². The molecule has 0 aromatic carbocycles. The first-order valence-electron chi connectivity index (χ1n) is 6.12. The molecule has 0 saturated heterocycles. The Kier molecular flexibility index (Phi) is 9.24. The summed E-state index contributed by atoms with van der Waals surface area (Å²) in [6.07, 6.45) is 2.17. The summed E-state index contributed by atoms with van der Waals surface area (Å²) in [5, 5.41) is 0. The number of ether oxygens (including phenoxy) is 1. The van der Waals surface area contributed by atoms with Gasteiger partial charge in [-0.2, -0.15) is 0 Å². The van der Waals surface area contributed by atoms with Crippen LogP contribution in [-0.2, 0) is 9.53 Å². The van der Waals surface area contributed by atoms with Crippen LogP contribution in [0.3, 0.4) is 0 Å². The molecule has 0 bridgehead atoms. The fraction of sp³-hybridized carbons (Fsp3) is 0.917. The average Bonchev–Trinajstić information content (AvgIpc) is 2.30. The highest BCUT2D eigenvalue weighted by Crippen LogP contribution is 1.93. The normalized spacial score (nSPS) is 10.8. The number of hydrogen-bond acceptors (Lipinski definition) is 3. The summed E-state index contributed by atoms with van der Waals surface area (Å²) in [6, 6.07) is 0. The van der Waals surface area contributed by atoms with E-state index in [9.17, 15) is 4.79 Å². The van der Waals surface area contributed by atoms with E-state index in [4.69, 9.17) is 4.74 Å². The molecule has 0 aliphatic carbocycles. The Morgan fingerprint density at radius 3 is 2.44 bits per heavy atom.